The van der Waals surface area contributed by atoms with Gasteiger partial charge in [-0.1, -0.05) is 35.9 Å². The number of benzene rings is 1. The first-order valence-corrected chi connectivity index (χ1v) is 18.4. The van der Waals surface area contributed by atoms with E-state index in [1.54, 1.807) is 4.90 Å². The quantitative estimate of drug-likeness (QED) is 0.318. The summed E-state index contributed by atoms with van der Waals surface area (Å²) in [6.45, 7) is 1.19. The number of aliphatic hydroxyl groups is 1. The summed E-state index contributed by atoms with van der Waals surface area (Å²) >= 11 is 8.20. The number of ether oxygens (including phenoxy) is 2. The highest BCUT2D eigenvalue weighted by Gasteiger charge is 2.28. The second-order valence-corrected chi connectivity index (χ2v) is 16.0. The summed E-state index contributed by atoms with van der Waals surface area (Å²) < 4.78 is 57.9. The van der Waals surface area contributed by atoms with Crippen LogP contribution in [0.5, 0.6) is 0 Å². The molecule has 1 aliphatic heterocycles. The lowest BCUT2D eigenvalue weighted by molar-refractivity contribution is -0.142. The molecule has 0 aliphatic carbocycles. The molecule has 0 amide bonds. The first-order chi connectivity index (χ1) is 19.7. The normalized spacial score (nSPS) is 16.3. The van der Waals surface area contributed by atoms with Crippen LogP contribution in [0.2, 0.25) is 5.02 Å². The van der Waals surface area contributed by atoms with Crippen molar-refractivity contribution in [1.82, 2.24) is 4.90 Å². The number of hydrogen-bond donors (Lipinski definition) is 1. The molecule has 0 saturated heterocycles. The molecule has 10 nitrogen and oxygen atoms in total. The van der Waals surface area contributed by atoms with Crippen molar-refractivity contribution in [3.05, 3.63) is 69.2 Å². The lowest BCUT2D eigenvalue weighted by Gasteiger charge is -2.29. The van der Waals surface area contributed by atoms with Gasteiger partial charge in [0.25, 0.3) is 0 Å². The third kappa shape index (κ3) is 9.94. The molecule has 2 heterocycles. The molecule has 1 unspecified atom stereocenters. The number of rotatable bonds is 13. The molecular formula is C28H34ClNO9S3. The van der Waals surface area contributed by atoms with E-state index in [2.05, 4.69) is 0 Å². The van der Waals surface area contributed by atoms with E-state index in [4.69, 9.17) is 21.1 Å². The summed E-state index contributed by atoms with van der Waals surface area (Å²) in [5.74, 6) is -2.73. The second-order valence-electron chi connectivity index (χ2n) is 9.95. The molecule has 0 saturated carbocycles. The van der Waals surface area contributed by atoms with Crippen LogP contribution in [0, 0.1) is 0 Å². The minimum Gasteiger partial charge on any atom is -0.461 e. The Kier molecular flexibility index (Phi) is 11.8. The van der Waals surface area contributed by atoms with Crippen LogP contribution < -0.4 is 0 Å². The van der Waals surface area contributed by atoms with Gasteiger partial charge >= 0.3 is 11.9 Å². The van der Waals surface area contributed by atoms with Gasteiger partial charge in [-0.05, 0) is 37.5 Å². The van der Waals surface area contributed by atoms with Crippen molar-refractivity contribution in [2.75, 3.05) is 43.8 Å². The zero-order valence-electron chi connectivity index (χ0n) is 23.5. The molecule has 0 fully saturated rings. The van der Waals surface area contributed by atoms with Gasteiger partial charge in [0.15, 0.2) is 19.7 Å². The van der Waals surface area contributed by atoms with Crippen LogP contribution in [0.4, 0.5) is 0 Å². The van der Waals surface area contributed by atoms with Gasteiger partial charge in [-0.15, -0.1) is 11.3 Å². The molecule has 42 heavy (non-hydrogen) atoms. The molecule has 14 heteroatoms. The Morgan fingerprint density at radius 2 is 1.60 bits per heavy atom. The zero-order chi connectivity index (χ0) is 31.1. The predicted molar refractivity (Wildman–Crippen MR) is 164 cm³/mol. The van der Waals surface area contributed by atoms with Crippen LogP contribution in [0.3, 0.4) is 0 Å². The van der Waals surface area contributed by atoms with Gasteiger partial charge in [0.1, 0.15) is 13.2 Å². The zero-order valence-corrected chi connectivity index (χ0v) is 26.7. The van der Waals surface area contributed by atoms with E-state index in [9.17, 15) is 31.5 Å². The van der Waals surface area contributed by atoms with Gasteiger partial charge in [0.2, 0.25) is 0 Å². The van der Waals surface area contributed by atoms with Gasteiger partial charge in [0, 0.05) is 46.3 Å². The van der Waals surface area contributed by atoms with E-state index >= 15 is 0 Å². The average Bonchev–Trinajstić information content (AvgIpc) is 3.20. The largest absolute Gasteiger partial charge is 0.461 e. The van der Waals surface area contributed by atoms with Crippen LogP contribution in [0.1, 0.15) is 24.6 Å². The van der Waals surface area contributed by atoms with Gasteiger partial charge in [-0.25, -0.2) is 26.4 Å². The minimum absolute atomic E-state index is 0.106. The fourth-order valence-electron chi connectivity index (χ4n) is 4.09. The molecule has 2 aromatic rings. The molecule has 1 aliphatic rings. The highest BCUT2D eigenvalue weighted by atomic mass is 35.5. The molecule has 0 bridgehead atoms. The number of carbonyl (C=O) groups is 2. The molecule has 0 spiro atoms. The Hall–Kier alpha value is -2.71. The van der Waals surface area contributed by atoms with Gasteiger partial charge in [-0.2, -0.15) is 0 Å². The van der Waals surface area contributed by atoms with E-state index in [1.165, 1.54) is 23.6 Å². The topological polar surface area (TPSA) is 144 Å². The Morgan fingerprint density at radius 3 is 2.17 bits per heavy atom. The summed E-state index contributed by atoms with van der Waals surface area (Å²) in [5.41, 5.74) is 0.261. The fourth-order valence-corrected chi connectivity index (χ4v) is 6.36. The molecule has 1 N–H and O–H groups in total. The van der Waals surface area contributed by atoms with Crippen LogP contribution in [-0.4, -0.2) is 88.7 Å². The van der Waals surface area contributed by atoms with Crippen molar-refractivity contribution in [3.8, 4) is 0 Å². The summed E-state index contributed by atoms with van der Waals surface area (Å²) in [6.07, 6.45) is 7.58. The summed E-state index contributed by atoms with van der Waals surface area (Å²) in [5, 5.41) is 10.9. The van der Waals surface area contributed by atoms with Crippen LogP contribution in [0.25, 0.3) is 10.1 Å². The summed E-state index contributed by atoms with van der Waals surface area (Å²) in [6, 6.07) is 7.35. The smallest absolute Gasteiger partial charge is 0.340 e. The van der Waals surface area contributed by atoms with Crippen LogP contribution >= 0.6 is 22.9 Å². The minimum atomic E-state index is -3.43. The number of sulfone groups is 2. The third-order valence-corrected chi connectivity index (χ3v) is 9.77. The highest BCUT2D eigenvalue weighted by Crippen LogP contribution is 2.37. The SMILES string of the molecule is CC1C=C(CCCO)C=C(C(=O)OCCS(C)(=O)=O)C(C(=O)OCCS(C)(=O)=O)=CN1Cc1sc2ccccc2c1Cl. The fraction of sp³-hybridized carbons (Fsp3) is 0.429. The monoisotopic (exact) mass is 659 g/mol. The number of esters is 2. The Balaban J connectivity index is 2.08. The molecule has 1 aromatic heterocycles. The number of aliphatic hydroxyl groups excluding tert-OH is 1. The van der Waals surface area contributed by atoms with Crippen LogP contribution in [-0.2, 0) is 45.3 Å². The number of thiophene rings is 1. The Morgan fingerprint density at radius 1 is 1.00 bits per heavy atom. The lowest BCUT2D eigenvalue weighted by Crippen LogP contribution is -2.30. The lowest BCUT2D eigenvalue weighted by atomic mass is 9.97. The molecule has 0 radical (unpaired) electrons. The van der Waals surface area contributed by atoms with E-state index in [-0.39, 0.29) is 30.3 Å². The Bertz CT molecular complexity index is 1620. The van der Waals surface area contributed by atoms with Gasteiger partial charge < -0.3 is 19.5 Å². The number of halogens is 1. The number of carbonyl (C=O) groups excluding carboxylic acids is 2. The second kappa shape index (κ2) is 14.6. The first-order valence-electron chi connectivity index (χ1n) is 13.1. The van der Waals surface area contributed by atoms with E-state index in [0.29, 0.717) is 23.4 Å². The molecule has 3 rings (SSSR count). The van der Waals surface area contributed by atoms with E-state index < -0.39 is 56.3 Å². The summed E-state index contributed by atoms with van der Waals surface area (Å²) in [7, 11) is -6.86. The van der Waals surface area contributed by atoms with E-state index in [0.717, 1.165) is 27.5 Å². The number of nitrogens with zero attached hydrogens (tertiary/aromatic N) is 1. The highest BCUT2D eigenvalue weighted by molar-refractivity contribution is 7.90. The van der Waals surface area contributed by atoms with Crippen molar-refractivity contribution < 1.29 is 41.0 Å². The molecule has 230 valence electrons. The van der Waals surface area contributed by atoms with Crippen molar-refractivity contribution >= 4 is 64.6 Å². The van der Waals surface area contributed by atoms with Crippen molar-refractivity contribution in [2.45, 2.75) is 32.4 Å². The van der Waals surface area contributed by atoms with E-state index in [1.807, 2.05) is 37.3 Å². The first kappa shape index (κ1) is 33.8. The predicted octanol–water partition coefficient (Wildman–Crippen LogP) is 3.44. The Labute approximate surface area is 255 Å². The number of hydrogen-bond acceptors (Lipinski definition) is 11. The molecule has 1 atom stereocenters. The number of fused-ring (bicyclic) bond motifs is 1. The van der Waals surface area contributed by atoms with Gasteiger partial charge in [0.05, 0.1) is 34.2 Å². The maximum absolute atomic E-state index is 13.4. The van der Waals surface area contributed by atoms with Crippen molar-refractivity contribution in [2.24, 2.45) is 0 Å². The van der Waals surface area contributed by atoms with Crippen molar-refractivity contribution in [1.29, 1.82) is 0 Å². The number of allylic oxidation sites excluding steroid dienone is 2. The molecular weight excluding hydrogens is 626 g/mol. The maximum Gasteiger partial charge on any atom is 0.340 e. The van der Waals surface area contributed by atoms with Crippen molar-refractivity contribution in [3.63, 3.8) is 0 Å². The average molecular weight is 660 g/mol. The standard InChI is InChI=1S/C28H34ClNO9S3/c1-19-15-20(7-6-10-31)16-22(27(32)38-11-13-41(2,34)35)23(28(33)39-12-14-42(3,36)37)17-30(19)18-25-26(29)21-8-4-5-9-24(21)40-25/h4-5,8-9,15-17,19,31H,6-7,10-14,18H2,1-3H3. The summed E-state index contributed by atoms with van der Waals surface area (Å²) in [4.78, 5) is 29.3. The maximum atomic E-state index is 13.4. The van der Waals surface area contributed by atoms with Gasteiger partial charge in [-0.3, -0.25) is 0 Å². The van der Waals surface area contributed by atoms with Crippen LogP contribution in [0.15, 0.2) is 59.3 Å². The molecule has 1 aromatic carbocycles. The third-order valence-electron chi connectivity index (χ3n) is 6.26.